The summed E-state index contributed by atoms with van der Waals surface area (Å²) in [6, 6.07) is 11.9. The van der Waals surface area contributed by atoms with E-state index in [1.165, 1.54) is 11.1 Å². The van der Waals surface area contributed by atoms with Crippen LogP contribution in [0.25, 0.3) is 0 Å². The maximum Gasteiger partial charge on any atom is 0.226 e. The van der Waals surface area contributed by atoms with E-state index >= 15 is 0 Å². The Balaban J connectivity index is 1.46. The maximum atomic E-state index is 12.5. The van der Waals surface area contributed by atoms with Crippen molar-refractivity contribution in [3.63, 3.8) is 0 Å². The molecule has 2 aromatic carbocycles. The van der Waals surface area contributed by atoms with Crippen molar-refractivity contribution in [2.45, 2.75) is 26.8 Å². The molecule has 0 unspecified atom stereocenters. The standard InChI is InChI=1S/C24H32N2O4/c1-18-7-5-6-8-21(18)30-14-9-24(27)26-12-10-25(11-13-26)17-20-16-23(29-4)22(28-3)15-19(20)2/h5-8,15-16H,9-14,17H2,1-4H3. The minimum Gasteiger partial charge on any atom is -0.493 e. The van der Waals surface area contributed by atoms with Crippen LogP contribution in [0, 0.1) is 13.8 Å². The number of benzene rings is 2. The topological polar surface area (TPSA) is 51.2 Å². The summed E-state index contributed by atoms with van der Waals surface area (Å²) >= 11 is 0. The average molecular weight is 413 g/mol. The van der Waals surface area contributed by atoms with Crippen LogP contribution in [0.15, 0.2) is 36.4 Å². The lowest BCUT2D eigenvalue weighted by Crippen LogP contribution is -2.48. The van der Waals surface area contributed by atoms with Crippen molar-refractivity contribution >= 4 is 5.91 Å². The van der Waals surface area contributed by atoms with Crippen molar-refractivity contribution in [3.8, 4) is 17.2 Å². The van der Waals surface area contributed by atoms with Gasteiger partial charge in [0.15, 0.2) is 11.5 Å². The number of piperazine rings is 1. The molecule has 6 nitrogen and oxygen atoms in total. The fourth-order valence-corrected chi connectivity index (χ4v) is 3.71. The quantitative estimate of drug-likeness (QED) is 0.665. The van der Waals surface area contributed by atoms with Crippen molar-refractivity contribution in [1.82, 2.24) is 9.80 Å². The Kier molecular flexibility index (Phi) is 7.57. The van der Waals surface area contributed by atoms with E-state index in [0.717, 1.165) is 55.5 Å². The van der Waals surface area contributed by atoms with E-state index in [4.69, 9.17) is 14.2 Å². The van der Waals surface area contributed by atoms with Gasteiger partial charge in [0, 0.05) is 32.7 Å². The van der Waals surface area contributed by atoms with E-state index in [2.05, 4.69) is 17.9 Å². The van der Waals surface area contributed by atoms with Crippen LogP contribution in [-0.2, 0) is 11.3 Å². The van der Waals surface area contributed by atoms with Gasteiger partial charge in [-0.1, -0.05) is 18.2 Å². The summed E-state index contributed by atoms with van der Waals surface area (Å²) in [7, 11) is 3.31. The molecule has 0 aliphatic carbocycles. The number of aryl methyl sites for hydroxylation is 2. The van der Waals surface area contributed by atoms with E-state index in [0.29, 0.717) is 13.0 Å². The van der Waals surface area contributed by atoms with Crippen LogP contribution in [0.5, 0.6) is 17.2 Å². The van der Waals surface area contributed by atoms with Crippen LogP contribution in [0.1, 0.15) is 23.1 Å². The Hall–Kier alpha value is -2.73. The molecule has 0 saturated carbocycles. The third-order valence-electron chi connectivity index (χ3n) is 5.63. The van der Waals surface area contributed by atoms with Gasteiger partial charge in [0.2, 0.25) is 5.91 Å². The second-order valence-corrected chi connectivity index (χ2v) is 7.65. The zero-order valence-corrected chi connectivity index (χ0v) is 18.4. The summed E-state index contributed by atoms with van der Waals surface area (Å²) in [5.41, 5.74) is 3.49. The van der Waals surface area contributed by atoms with Crippen LogP contribution in [0.4, 0.5) is 0 Å². The van der Waals surface area contributed by atoms with Crippen LogP contribution >= 0.6 is 0 Å². The van der Waals surface area contributed by atoms with E-state index in [1.54, 1.807) is 14.2 Å². The first-order valence-electron chi connectivity index (χ1n) is 10.4. The van der Waals surface area contributed by atoms with Crippen molar-refractivity contribution in [2.75, 3.05) is 47.0 Å². The third kappa shape index (κ3) is 5.45. The zero-order chi connectivity index (χ0) is 21.5. The SMILES string of the molecule is COc1cc(C)c(CN2CCN(C(=O)CCOc3ccccc3C)CC2)cc1OC. The molecule has 0 radical (unpaired) electrons. The van der Waals surface area contributed by atoms with Gasteiger partial charge >= 0.3 is 0 Å². The molecule has 162 valence electrons. The van der Waals surface area contributed by atoms with Crippen LogP contribution < -0.4 is 14.2 Å². The highest BCUT2D eigenvalue weighted by Crippen LogP contribution is 2.31. The molecule has 0 bridgehead atoms. The zero-order valence-electron chi connectivity index (χ0n) is 18.4. The first-order chi connectivity index (χ1) is 14.5. The second-order valence-electron chi connectivity index (χ2n) is 7.65. The fraction of sp³-hybridized carbons (Fsp3) is 0.458. The van der Waals surface area contributed by atoms with Gasteiger partial charge in [-0.2, -0.15) is 0 Å². The van der Waals surface area contributed by atoms with Crippen LogP contribution in [0.2, 0.25) is 0 Å². The van der Waals surface area contributed by atoms with Gasteiger partial charge in [-0.25, -0.2) is 0 Å². The van der Waals surface area contributed by atoms with Gasteiger partial charge < -0.3 is 19.1 Å². The molecule has 0 atom stereocenters. The predicted molar refractivity (Wildman–Crippen MR) is 117 cm³/mol. The molecule has 1 aliphatic heterocycles. The molecular weight excluding hydrogens is 380 g/mol. The van der Waals surface area contributed by atoms with Gasteiger partial charge in [0.25, 0.3) is 0 Å². The number of hydrogen-bond donors (Lipinski definition) is 0. The van der Waals surface area contributed by atoms with E-state index < -0.39 is 0 Å². The first kappa shape index (κ1) is 22.0. The highest BCUT2D eigenvalue weighted by Gasteiger charge is 2.22. The lowest BCUT2D eigenvalue weighted by Gasteiger charge is -2.35. The first-order valence-corrected chi connectivity index (χ1v) is 10.4. The monoisotopic (exact) mass is 412 g/mol. The number of rotatable bonds is 8. The number of amides is 1. The third-order valence-corrected chi connectivity index (χ3v) is 5.63. The molecule has 6 heteroatoms. The van der Waals surface area contributed by atoms with E-state index in [9.17, 15) is 4.79 Å². The molecule has 0 aromatic heterocycles. The Bertz CT molecular complexity index is 860. The lowest BCUT2D eigenvalue weighted by molar-refractivity contribution is -0.133. The summed E-state index contributed by atoms with van der Waals surface area (Å²) in [5, 5.41) is 0. The molecule has 1 saturated heterocycles. The molecule has 1 aliphatic rings. The van der Waals surface area contributed by atoms with Gasteiger partial charge in [-0.05, 0) is 48.7 Å². The summed E-state index contributed by atoms with van der Waals surface area (Å²) in [6.07, 6.45) is 0.406. The van der Waals surface area contributed by atoms with Crippen LogP contribution in [-0.4, -0.2) is 62.7 Å². The largest absolute Gasteiger partial charge is 0.493 e. The molecule has 30 heavy (non-hydrogen) atoms. The number of para-hydroxylation sites is 1. The van der Waals surface area contributed by atoms with Crippen LogP contribution in [0.3, 0.4) is 0 Å². The lowest BCUT2D eigenvalue weighted by atomic mass is 10.1. The molecular formula is C24H32N2O4. The number of methoxy groups -OCH3 is 2. The number of hydrogen-bond acceptors (Lipinski definition) is 5. The minimum atomic E-state index is 0.158. The summed E-state index contributed by atoms with van der Waals surface area (Å²) in [6.45, 7) is 8.56. The molecule has 2 aromatic rings. The Morgan fingerprint density at radius 1 is 0.900 bits per heavy atom. The van der Waals surface area contributed by atoms with Gasteiger partial charge in [-0.15, -0.1) is 0 Å². The molecule has 0 spiro atoms. The highest BCUT2D eigenvalue weighted by molar-refractivity contribution is 5.76. The maximum absolute atomic E-state index is 12.5. The Morgan fingerprint density at radius 2 is 1.57 bits per heavy atom. The summed E-state index contributed by atoms with van der Waals surface area (Å²) < 4.78 is 16.6. The van der Waals surface area contributed by atoms with Gasteiger partial charge in [-0.3, -0.25) is 9.69 Å². The number of carbonyl (C=O) groups is 1. The van der Waals surface area contributed by atoms with Crippen molar-refractivity contribution in [2.24, 2.45) is 0 Å². The van der Waals surface area contributed by atoms with Crippen molar-refractivity contribution in [1.29, 1.82) is 0 Å². The Labute approximate surface area is 179 Å². The molecule has 0 N–H and O–H groups in total. The fourth-order valence-electron chi connectivity index (χ4n) is 3.71. The van der Waals surface area contributed by atoms with Crippen molar-refractivity contribution in [3.05, 3.63) is 53.1 Å². The number of ether oxygens (including phenoxy) is 3. The summed E-state index contributed by atoms with van der Waals surface area (Å²) in [5.74, 6) is 2.51. The van der Waals surface area contributed by atoms with E-state index in [1.807, 2.05) is 42.2 Å². The van der Waals surface area contributed by atoms with Gasteiger partial charge in [0.05, 0.1) is 27.2 Å². The number of carbonyl (C=O) groups excluding carboxylic acids is 1. The van der Waals surface area contributed by atoms with Gasteiger partial charge in [0.1, 0.15) is 5.75 Å². The molecule has 3 rings (SSSR count). The van der Waals surface area contributed by atoms with Crippen molar-refractivity contribution < 1.29 is 19.0 Å². The minimum absolute atomic E-state index is 0.158. The molecule has 1 heterocycles. The van der Waals surface area contributed by atoms with E-state index in [-0.39, 0.29) is 5.91 Å². The second kappa shape index (κ2) is 10.3. The molecule has 1 amide bonds. The average Bonchev–Trinajstić information content (AvgIpc) is 2.76. The molecule has 1 fully saturated rings. The summed E-state index contributed by atoms with van der Waals surface area (Å²) in [4.78, 5) is 16.9. The highest BCUT2D eigenvalue weighted by atomic mass is 16.5. The Morgan fingerprint density at radius 3 is 2.23 bits per heavy atom. The smallest absolute Gasteiger partial charge is 0.226 e. The number of nitrogens with zero attached hydrogens (tertiary/aromatic N) is 2. The normalized spacial score (nSPS) is 14.5. The predicted octanol–water partition coefficient (Wildman–Crippen LogP) is 3.43.